The maximum atomic E-state index is 13.2. The standard InChI is InChI=1S/C25H27NO6/c1-15-23-17(12-26(14-31-23)13-18-7-5-9-30-18)10-19-22(27)21(32-24(15)19)11-16-6-4-8-20(28-2)25(16)29-3/h4,6,8,10-11,18H,5,7,9,12-14H2,1-3H3/b21-11-. The summed E-state index contributed by atoms with van der Waals surface area (Å²) in [5.74, 6) is 2.63. The van der Waals surface area contributed by atoms with Gasteiger partial charge in [-0.1, -0.05) is 12.1 Å². The molecular formula is C25H27NO6. The minimum atomic E-state index is -0.146. The maximum Gasteiger partial charge on any atom is 0.231 e. The Hall–Kier alpha value is -3.03. The topological polar surface area (TPSA) is 66.5 Å². The summed E-state index contributed by atoms with van der Waals surface area (Å²) in [5.41, 5.74) is 3.13. The summed E-state index contributed by atoms with van der Waals surface area (Å²) >= 11 is 0. The summed E-state index contributed by atoms with van der Waals surface area (Å²) in [4.78, 5) is 15.4. The van der Waals surface area contributed by atoms with Gasteiger partial charge in [0, 0.05) is 36.4 Å². The number of carbonyl (C=O) groups is 1. The average Bonchev–Trinajstić information content (AvgIpc) is 3.42. The number of allylic oxidation sites excluding steroid dienone is 1. The number of ether oxygens (including phenoxy) is 5. The molecule has 0 saturated carbocycles. The molecule has 1 atom stereocenters. The molecular weight excluding hydrogens is 410 g/mol. The molecule has 0 radical (unpaired) electrons. The van der Waals surface area contributed by atoms with Crippen LogP contribution < -0.4 is 18.9 Å². The SMILES string of the molecule is COc1cccc(/C=C2\Oc3c(cc4c(c3C)OCN(CC3CCCO3)C4)C2=O)c1OC. The van der Waals surface area contributed by atoms with E-state index in [2.05, 4.69) is 4.90 Å². The third kappa shape index (κ3) is 3.61. The Morgan fingerprint density at radius 2 is 2.09 bits per heavy atom. The van der Waals surface area contributed by atoms with Crippen LogP contribution in [0.15, 0.2) is 30.0 Å². The first-order valence-electron chi connectivity index (χ1n) is 10.9. The highest BCUT2D eigenvalue weighted by atomic mass is 16.5. The molecule has 3 aliphatic rings. The van der Waals surface area contributed by atoms with Crippen LogP contribution >= 0.6 is 0 Å². The van der Waals surface area contributed by atoms with Gasteiger partial charge in [0.2, 0.25) is 5.78 Å². The minimum Gasteiger partial charge on any atom is -0.493 e. The van der Waals surface area contributed by atoms with E-state index in [1.54, 1.807) is 20.3 Å². The highest BCUT2D eigenvalue weighted by Gasteiger charge is 2.34. The molecule has 0 N–H and O–H groups in total. The van der Waals surface area contributed by atoms with Gasteiger partial charge < -0.3 is 23.7 Å². The Kier molecular flexibility index (Phi) is 5.53. The Morgan fingerprint density at radius 3 is 2.84 bits per heavy atom. The normalized spacial score (nSPS) is 21.2. The van der Waals surface area contributed by atoms with E-state index in [1.165, 1.54) is 0 Å². The van der Waals surface area contributed by atoms with Crippen LogP contribution in [0.3, 0.4) is 0 Å². The second-order valence-corrected chi connectivity index (χ2v) is 8.31. The van der Waals surface area contributed by atoms with Gasteiger partial charge in [-0.05, 0) is 38.0 Å². The Labute approximate surface area is 187 Å². The molecule has 0 aliphatic carbocycles. The molecule has 0 bridgehead atoms. The van der Waals surface area contributed by atoms with E-state index in [9.17, 15) is 4.79 Å². The fourth-order valence-electron chi connectivity index (χ4n) is 4.66. The lowest BCUT2D eigenvalue weighted by Crippen LogP contribution is -2.37. The number of hydrogen-bond acceptors (Lipinski definition) is 7. The molecule has 32 heavy (non-hydrogen) atoms. The fourth-order valence-corrected chi connectivity index (χ4v) is 4.66. The summed E-state index contributed by atoms with van der Waals surface area (Å²) < 4.78 is 28.7. The monoisotopic (exact) mass is 437 g/mol. The van der Waals surface area contributed by atoms with Crippen molar-refractivity contribution in [2.45, 2.75) is 32.4 Å². The van der Waals surface area contributed by atoms with E-state index < -0.39 is 0 Å². The van der Waals surface area contributed by atoms with Crippen LogP contribution in [0, 0.1) is 6.92 Å². The van der Waals surface area contributed by atoms with Gasteiger partial charge in [-0.25, -0.2) is 0 Å². The zero-order valence-corrected chi connectivity index (χ0v) is 18.6. The lowest BCUT2D eigenvalue weighted by molar-refractivity contribution is 0.0276. The van der Waals surface area contributed by atoms with Crippen molar-refractivity contribution in [3.63, 3.8) is 0 Å². The molecule has 1 saturated heterocycles. The van der Waals surface area contributed by atoms with Crippen LogP contribution in [0.1, 0.15) is 39.9 Å². The molecule has 3 aliphatic heterocycles. The number of nitrogens with zero attached hydrogens (tertiary/aromatic N) is 1. The number of rotatable bonds is 5. The lowest BCUT2D eigenvalue weighted by Gasteiger charge is -2.31. The fraction of sp³-hybridized carbons (Fsp3) is 0.400. The highest BCUT2D eigenvalue weighted by molar-refractivity contribution is 6.15. The van der Waals surface area contributed by atoms with Gasteiger partial charge >= 0.3 is 0 Å². The molecule has 168 valence electrons. The third-order valence-corrected chi connectivity index (χ3v) is 6.21. The van der Waals surface area contributed by atoms with Crippen molar-refractivity contribution in [3.05, 3.63) is 52.3 Å². The summed E-state index contributed by atoms with van der Waals surface area (Å²) in [5, 5.41) is 0. The van der Waals surface area contributed by atoms with Gasteiger partial charge in [-0.3, -0.25) is 9.69 Å². The zero-order chi connectivity index (χ0) is 22.2. The largest absolute Gasteiger partial charge is 0.493 e. The Morgan fingerprint density at radius 1 is 1.22 bits per heavy atom. The van der Waals surface area contributed by atoms with Gasteiger partial charge in [-0.15, -0.1) is 0 Å². The average molecular weight is 437 g/mol. The molecule has 2 aromatic rings. The minimum absolute atomic E-state index is 0.146. The number of para-hydroxylation sites is 1. The highest BCUT2D eigenvalue weighted by Crippen LogP contribution is 2.44. The van der Waals surface area contributed by atoms with Crippen molar-refractivity contribution in [1.29, 1.82) is 0 Å². The third-order valence-electron chi connectivity index (χ3n) is 6.21. The first kappa shape index (κ1) is 20.8. The molecule has 5 rings (SSSR count). The van der Waals surface area contributed by atoms with Crippen LogP contribution in [0.2, 0.25) is 0 Å². The Bertz CT molecular complexity index is 1090. The summed E-state index contributed by atoms with van der Waals surface area (Å²) in [6, 6.07) is 7.43. The molecule has 1 unspecified atom stereocenters. The first-order valence-corrected chi connectivity index (χ1v) is 10.9. The maximum absolute atomic E-state index is 13.2. The predicted octanol–water partition coefficient (Wildman–Crippen LogP) is 3.96. The molecule has 0 aromatic heterocycles. The van der Waals surface area contributed by atoms with Gasteiger partial charge in [-0.2, -0.15) is 0 Å². The van der Waals surface area contributed by atoms with Crippen LogP contribution in [0.25, 0.3) is 6.08 Å². The number of fused-ring (bicyclic) bond motifs is 2. The van der Waals surface area contributed by atoms with Gasteiger partial charge in [0.15, 0.2) is 17.3 Å². The second-order valence-electron chi connectivity index (χ2n) is 8.31. The molecule has 0 spiro atoms. The van der Waals surface area contributed by atoms with Gasteiger partial charge in [0.05, 0.1) is 25.9 Å². The van der Waals surface area contributed by atoms with E-state index in [1.807, 2.05) is 31.2 Å². The van der Waals surface area contributed by atoms with Gasteiger partial charge in [0.1, 0.15) is 18.2 Å². The smallest absolute Gasteiger partial charge is 0.231 e. The van der Waals surface area contributed by atoms with Crippen molar-refractivity contribution in [1.82, 2.24) is 4.90 Å². The van der Waals surface area contributed by atoms with Crippen molar-refractivity contribution < 1.29 is 28.5 Å². The molecule has 0 amide bonds. The molecule has 3 heterocycles. The first-order chi connectivity index (χ1) is 15.6. The molecule has 7 nitrogen and oxygen atoms in total. The van der Waals surface area contributed by atoms with Crippen LogP contribution in [0.4, 0.5) is 0 Å². The molecule has 7 heteroatoms. The lowest BCUT2D eigenvalue weighted by atomic mass is 9.99. The predicted molar refractivity (Wildman–Crippen MR) is 119 cm³/mol. The summed E-state index contributed by atoms with van der Waals surface area (Å²) in [6.45, 7) is 4.83. The number of hydrogen-bond donors (Lipinski definition) is 0. The number of benzene rings is 2. The van der Waals surface area contributed by atoms with Crippen molar-refractivity contribution >= 4 is 11.9 Å². The van der Waals surface area contributed by atoms with Crippen LogP contribution in [-0.2, 0) is 11.3 Å². The van der Waals surface area contributed by atoms with E-state index >= 15 is 0 Å². The number of methoxy groups -OCH3 is 2. The summed E-state index contributed by atoms with van der Waals surface area (Å²) in [6.07, 6.45) is 4.16. The van der Waals surface area contributed by atoms with E-state index in [-0.39, 0.29) is 17.6 Å². The number of Topliss-reactive ketones (excluding diaryl/α,β-unsaturated/α-hetero) is 1. The molecule has 2 aromatic carbocycles. The summed E-state index contributed by atoms with van der Waals surface area (Å²) in [7, 11) is 3.15. The quantitative estimate of drug-likeness (QED) is 0.656. The number of ketones is 1. The van der Waals surface area contributed by atoms with Crippen molar-refractivity contribution in [2.24, 2.45) is 0 Å². The van der Waals surface area contributed by atoms with Gasteiger partial charge in [0.25, 0.3) is 0 Å². The number of carbonyl (C=O) groups excluding carboxylic acids is 1. The van der Waals surface area contributed by atoms with Crippen molar-refractivity contribution in [3.8, 4) is 23.0 Å². The van der Waals surface area contributed by atoms with E-state index in [0.717, 1.165) is 49.4 Å². The zero-order valence-electron chi connectivity index (χ0n) is 18.6. The van der Waals surface area contributed by atoms with Crippen molar-refractivity contribution in [2.75, 3.05) is 34.1 Å². The van der Waals surface area contributed by atoms with Crippen LogP contribution in [0.5, 0.6) is 23.0 Å². The molecule has 1 fully saturated rings. The Balaban J connectivity index is 1.44. The van der Waals surface area contributed by atoms with Crippen LogP contribution in [-0.4, -0.2) is 50.9 Å². The van der Waals surface area contributed by atoms with E-state index in [0.29, 0.717) is 35.1 Å². The second kappa shape index (κ2) is 8.48. The van der Waals surface area contributed by atoms with E-state index in [4.69, 9.17) is 23.7 Å².